The number of morpholine rings is 2. The van der Waals surface area contributed by atoms with Crippen molar-refractivity contribution in [2.45, 2.75) is 13.0 Å². The lowest BCUT2D eigenvalue weighted by Gasteiger charge is -2.36. The minimum atomic E-state index is -0.447. The Morgan fingerprint density at radius 2 is 2.08 bits per heavy atom. The Labute approximate surface area is 156 Å². The number of nitrogens with zero attached hydrogens (tertiary/aromatic N) is 3. The number of carbonyl (C=O) groups is 1. The summed E-state index contributed by atoms with van der Waals surface area (Å²) < 4.78 is 17.7. The highest BCUT2D eigenvalue weighted by Gasteiger charge is 2.32. The number of fused-ring (bicyclic) bond motifs is 1. The number of aromatic nitrogens is 1. The molecule has 0 spiro atoms. The summed E-state index contributed by atoms with van der Waals surface area (Å²) in [4.78, 5) is 21.5. The zero-order chi connectivity index (χ0) is 18.1. The summed E-state index contributed by atoms with van der Waals surface area (Å²) >= 11 is 1.64. The number of methoxy groups -OCH3 is 1. The van der Waals surface area contributed by atoms with Gasteiger partial charge in [-0.25, -0.2) is 4.98 Å². The number of hydrogen-bond acceptors (Lipinski definition) is 7. The van der Waals surface area contributed by atoms with Gasteiger partial charge in [-0.05, 0) is 18.6 Å². The predicted octanol–water partition coefficient (Wildman–Crippen LogP) is 1.68. The van der Waals surface area contributed by atoms with Crippen LogP contribution in [0.5, 0.6) is 5.75 Å². The molecule has 1 unspecified atom stereocenters. The number of aryl methyl sites for hydroxylation is 1. The largest absolute Gasteiger partial charge is 0.494 e. The monoisotopic (exact) mass is 377 g/mol. The van der Waals surface area contributed by atoms with E-state index in [-0.39, 0.29) is 5.91 Å². The maximum Gasteiger partial charge on any atom is 0.253 e. The van der Waals surface area contributed by atoms with Gasteiger partial charge >= 0.3 is 0 Å². The minimum Gasteiger partial charge on any atom is -0.494 e. The fraction of sp³-hybridized carbons (Fsp3) is 0.556. The van der Waals surface area contributed by atoms with Gasteiger partial charge in [0.25, 0.3) is 5.91 Å². The zero-order valence-corrected chi connectivity index (χ0v) is 15.9. The molecule has 8 heteroatoms. The third kappa shape index (κ3) is 3.24. The van der Waals surface area contributed by atoms with E-state index in [4.69, 9.17) is 19.2 Å². The van der Waals surface area contributed by atoms with Crippen molar-refractivity contribution in [1.29, 1.82) is 0 Å². The van der Waals surface area contributed by atoms with Crippen LogP contribution in [0.2, 0.25) is 0 Å². The van der Waals surface area contributed by atoms with Crippen molar-refractivity contribution in [3.8, 4) is 5.75 Å². The van der Waals surface area contributed by atoms with Crippen molar-refractivity contribution in [3.05, 3.63) is 17.7 Å². The second-order valence-corrected chi connectivity index (χ2v) is 7.48. The van der Waals surface area contributed by atoms with Gasteiger partial charge in [-0.1, -0.05) is 17.4 Å². The van der Waals surface area contributed by atoms with Gasteiger partial charge in [-0.15, -0.1) is 0 Å². The molecule has 2 aliphatic heterocycles. The van der Waals surface area contributed by atoms with Gasteiger partial charge < -0.3 is 24.0 Å². The highest BCUT2D eigenvalue weighted by Crippen LogP contribution is 2.36. The fourth-order valence-corrected chi connectivity index (χ4v) is 4.44. The Bertz CT molecular complexity index is 803. The number of anilines is 1. The summed E-state index contributed by atoms with van der Waals surface area (Å²) in [6, 6.07) is 4.00. The molecule has 0 bridgehead atoms. The van der Waals surface area contributed by atoms with Crippen molar-refractivity contribution in [3.63, 3.8) is 0 Å². The number of benzene rings is 1. The van der Waals surface area contributed by atoms with Crippen LogP contribution < -0.4 is 9.64 Å². The number of amides is 1. The van der Waals surface area contributed by atoms with Gasteiger partial charge in [-0.2, -0.15) is 0 Å². The molecule has 140 valence electrons. The molecule has 0 N–H and O–H groups in total. The third-order valence-corrected chi connectivity index (χ3v) is 6.10. The summed E-state index contributed by atoms with van der Waals surface area (Å²) in [6.45, 7) is 6.32. The van der Waals surface area contributed by atoms with E-state index in [1.807, 2.05) is 17.0 Å². The van der Waals surface area contributed by atoms with E-state index in [0.717, 1.165) is 27.6 Å². The van der Waals surface area contributed by atoms with E-state index in [1.54, 1.807) is 18.4 Å². The number of hydrogen-bond donors (Lipinski definition) is 0. The standard InChI is InChI=1S/C18H23N3O4S/c1-12-3-4-13(23-2)15-16(12)26-18(19-15)21-7-10-25-14(11-21)17(22)20-5-8-24-9-6-20/h3-4,14H,5-11H2,1-2H3. The predicted molar refractivity (Wildman–Crippen MR) is 100 cm³/mol. The molecule has 7 nitrogen and oxygen atoms in total. The van der Waals surface area contributed by atoms with Gasteiger partial charge in [0, 0.05) is 19.6 Å². The zero-order valence-electron chi connectivity index (χ0n) is 15.1. The van der Waals surface area contributed by atoms with Crippen LogP contribution >= 0.6 is 11.3 Å². The molecule has 2 fully saturated rings. The first kappa shape index (κ1) is 17.5. The minimum absolute atomic E-state index is 0.0490. The molecule has 0 radical (unpaired) electrons. The van der Waals surface area contributed by atoms with Gasteiger partial charge in [0.05, 0.1) is 38.2 Å². The van der Waals surface area contributed by atoms with E-state index in [0.29, 0.717) is 39.5 Å². The first-order valence-corrected chi connectivity index (χ1v) is 9.66. The first-order chi connectivity index (χ1) is 12.7. The molecule has 4 rings (SSSR count). The molecule has 3 heterocycles. The summed E-state index contributed by atoms with van der Waals surface area (Å²) in [5.74, 6) is 0.829. The van der Waals surface area contributed by atoms with E-state index < -0.39 is 6.10 Å². The number of thiazole rings is 1. The maximum absolute atomic E-state index is 12.7. The lowest BCUT2D eigenvalue weighted by atomic mass is 10.2. The molecule has 2 saturated heterocycles. The summed E-state index contributed by atoms with van der Waals surface area (Å²) in [6.07, 6.45) is -0.447. The molecular weight excluding hydrogens is 354 g/mol. The van der Waals surface area contributed by atoms with Gasteiger partial charge in [0.15, 0.2) is 11.2 Å². The van der Waals surface area contributed by atoms with E-state index >= 15 is 0 Å². The summed E-state index contributed by atoms with van der Waals surface area (Å²) in [5.41, 5.74) is 2.06. The Morgan fingerprint density at radius 3 is 2.85 bits per heavy atom. The maximum atomic E-state index is 12.7. The average molecular weight is 377 g/mol. The highest BCUT2D eigenvalue weighted by atomic mass is 32.1. The second kappa shape index (κ2) is 7.38. The molecule has 2 aromatic rings. The smallest absolute Gasteiger partial charge is 0.253 e. The third-order valence-electron chi connectivity index (χ3n) is 4.85. The van der Waals surface area contributed by atoms with E-state index in [9.17, 15) is 4.79 Å². The highest BCUT2D eigenvalue weighted by molar-refractivity contribution is 7.22. The van der Waals surface area contributed by atoms with Gasteiger partial charge in [0.1, 0.15) is 11.3 Å². The van der Waals surface area contributed by atoms with Crippen LogP contribution in [-0.4, -0.2) is 75.0 Å². The van der Waals surface area contributed by atoms with Crippen LogP contribution in [-0.2, 0) is 14.3 Å². The second-order valence-electron chi connectivity index (χ2n) is 6.50. The number of ether oxygens (including phenoxy) is 3. The molecule has 26 heavy (non-hydrogen) atoms. The van der Waals surface area contributed by atoms with Crippen LogP contribution in [0.3, 0.4) is 0 Å². The molecule has 0 aliphatic carbocycles. The van der Waals surface area contributed by atoms with E-state index in [1.165, 1.54) is 5.56 Å². The van der Waals surface area contributed by atoms with Crippen LogP contribution in [0.25, 0.3) is 10.2 Å². The van der Waals surface area contributed by atoms with Gasteiger partial charge in [0.2, 0.25) is 0 Å². The van der Waals surface area contributed by atoms with Crippen LogP contribution in [0.15, 0.2) is 12.1 Å². The van der Waals surface area contributed by atoms with Gasteiger partial charge in [-0.3, -0.25) is 4.79 Å². The molecule has 1 amide bonds. The molecular formula is C18H23N3O4S. The SMILES string of the molecule is COc1ccc(C)c2sc(N3CCOC(C(=O)N4CCOCC4)C3)nc12. The fourth-order valence-electron chi connectivity index (χ4n) is 3.36. The summed E-state index contributed by atoms with van der Waals surface area (Å²) in [5, 5.41) is 0.913. The lowest BCUT2D eigenvalue weighted by Crippen LogP contribution is -2.53. The summed E-state index contributed by atoms with van der Waals surface area (Å²) in [7, 11) is 1.66. The molecule has 2 aliphatic rings. The van der Waals surface area contributed by atoms with Crippen molar-refractivity contribution in [2.24, 2.45) is 0 Å². The molecule has 1 aromatic heterocycles. The topological polar surface area (TPSA) is 64.1 Å². The Balaban J connectivity index is 1.55. The normalized spacial score (nSPS) is 21.2. The van der Waals surface area contributed by atoms with Crippen molar-refractivity contribution in [2.75, 3.05) is 58.0 Å². The quantitative estimate of drug-likeness (QED) is 0.811. The van der Waals surface area contributed by atoms with Crippen LogP contribution in [0, 0.1) is 6.92 Å². The molecule has 0 saturated carbocycles. The lowest BCUT2D eigenvalue weighted by molar-refractivity contribution is -0.148. The van der Waals surface area contributed by atoms with Crippen molar-refractivity contribution >= 4 is 32.6 Å². The van der Waals surface area contributed by atoms with Crippen molar-refractivity contribution in [1.82, 2.24) is 9.88 Å². The average Bonchev–Trinajstić information content (AvgIpc) is 3.15. The van der Waals surface area contributed by atoms with Crippen LogP contribution in [0.1, 0.15) is 5.56 Å². The van der Waals surface area contributed by atoms with Crippen LogP contribution in [0.4, 0.5) is 5.13 Å². The molecule has 1 aromatic carbocycles. The Kier molecular flexibility index (Phi) is 4.97. The Hall–Kier alpha value is -1.90. The number of carbonyl (C=O) groups excluding carboxylic acids is 1. The Morgan fingerprint density at radius 1 is 1.27 bits per heavy atom. The first-order valence-electron chi connectivity index (χ1n) is 8.84. The number of rotatable bonds is 3. The molecule has 1 atom stereocenters. The van der Waals surface area contributed by atoms with E-state index in [2.05, 4.69) is 11.8 Å². The van der Waals surface area contributed by atoms with Crippen molar-refractivity contribution < 1.29 is 19.0 Å².